The molecule has 3 rings (SSSR count). The van der Waals surface area contributed by atoms with Gasteiger partial charge in [-0.15, -0.1) is 11.3 Å². The van der Waals surface area contributed by atoms with E-state index in [2.05, 4.69) is 0 Å². The maximum absolute atomic E-state index is 12.3. The van der Waals surface area contributed by atoms with Crippen LogP contribution in [0.2, 0.25) is 0 Å². The predicted octanol–water partition coefficient (Wildman–Crippen LogP) is 1.51. The van der Waals surface area contributed by atoms with Crippen LogP contribution in [-0.4, -0.2) is 41.6 Å². The van der Waals surface area contributed by atoms with Crippen LogP contribution in [0.1, 0.15) is 23.8 Å². The second-order valence-electron chi connectivity index (χ2n) is 5.01. The van der Waals surface area contributed by atoms with E-state index in [9.17, 15) is 14.7 Å². The average molecular weight is 281 g/mol. The molecule has 0 bridgehead atoms. The van der Waals surface area contributed by atoms with Crippen LogP contribution >= 0.6 is 11.3 Å². The van der Waals surface area contributed by atoms with E-state index in [4.69, 9.17) is 4.74 Å². The van der Waals surface area contributed by atoms with Gasteiger partial charge >= 0.3 is 5.97 Å². The third-order valence-corrected chi connectivity index (χ3v) is 4.75. The van der Waals surface area contributed by atoms with Crippen LogP contribution in [0.15, 0.2) is 17.5 Å². The molecule has 1 N–H and O–H groups in total. The molecule has 102 valence electrons. The largest absolute Gasteiger partial charge is 0.480 e. The first-order chi connectivity index (χ1) is 9.13. The number of morpholine rings is 1. The molecule has 1 aromatic heterocycles. The topological polar surface area (TPSA) is 66.8 Å². The number of aliphatic carboxylic acids is 1. The lowest BCUT2D eigenvalue weighted by Crippen LogP contribution is -2.47. The minimum Gasteiger partial charge on any atom is -0.480 e. The molecule has 1 aliphatic heterocycles. The molecule has 1 aliphatic carbocycles. The van der Waals surface area contributed by atoms with Gasteiger partial charge in [-0.25, -0.2) is 0 Å². The zero-order chi connectivity index (χ0) is 13.5. The van der Waals surface area contributed by atoms with Crippen LogP contribution in [-0.2, 0) is 14.3 Å². The van der Waals surface area contributed by atoms with Crippen molar-refractivity contribution in [3.05, 3.63) is 22.4 Å². The second kappa shape index (κ2) is 4.61. The Balaban J connectivity index is 1.72. The molecular formula is C13H15NO4S. The van der Waals surface area contributed by atoms with Crippen LogP contribution < -0.4 is 0 Å². The maximum atomic E-state index is 12.3. The van der Waals surface area contributed by atoms with E-state index in [1.54, 1.807) is 16.2 Å². The monoisotopic (exact) mass is 281 g/mol. The highest BCUT2D eigenvalue weighted by Gasteiger charge is 2.58. The van der Waals surface area contributed by atoms with Gasteiger partial charge in [-0.1, -0.05) is 6.07 Å². The van der Waals surface area contributed by atoms with Gasteiger partial charge < -0.3 is 14.7 Å². The van der Waals surface area contributed by atoms with E-state index in [1.165, 1.54) is 0 Å². The third-order valence-electron chi connectivity index (χ3n) is 3.78. The van der Waals surface area contributed by atoms with Crippen LogP contribution in [0.5, 0.6) is 0 Å². The summed E-state index contributed by atoms with van der Waals surface area (Å²) in [4.78, 5) is 26.3. The zero-order valence-electron chi connectivity index (χ0n) is 10.4. The number of carbonyl (C=O) groups excluding carboxylic acids is 1. The molecule has 2 heterocycles. The lowest BCUT2D eigenvalue weighted by atomic mass is 10.0. The van der Waals surface area contributed by atoms with Gasteiger partial charge in [0.15, 0.2) is 0 Å². The molecule has 1 aromatic rings. The van der Waals surface area contributed by atoms with E-state index in [0.29, 0.717) is 32.5 Å². The third kappa shape index (κ3) is 2.15. The Bertz CT molecular complexity index is 495. The molecule has 1 amide bonds. The first kappa shape index (κ1) is 12.6. The number of carboxylic acids is 1. The van der Waals surface area contributed by atoms with Gasteiger partial charge in [0.25, 0.3) is 0 Å². The van der Waals surface area contributed by atoms with Gasteiger partial charge in [0.2, 0.25) is 5.91 Å². The van der Waals surface area contributed by atoms with Crippen molar-refractivity contribution >= 4 is 23.2 Å². The Labute approximate surface area is 114 Å². The van der Waals surface area contributed by atoms with Gasteiger partial charge in [-0.05, 0) is 24.3 Å². The summed E-state index contributed by atoms with van der Waals surface area (Å²) in [6, 6.07) is 3.93. The number of amides is 1. The normalized spacial score (nSPS) is 25.1. The fourth-order valence-corrected chi connectivity index (χ4v) is 3.19. The lowest BCUT2D eigenvalue weighted by Gasteiger charge is -2.34. The standard InChI is InChI=1S/C13H15NO4S/c15-11(13(3-4-13)12(16)17)14-5-6-18-9(8-14)10-2-1-7-19-10/h1-2,7,9H,3-6,8H2,(H,16,17). The number of hydrogen-bond acceptors (Lipinski definition) is 4. The van der Waals surface area contributed by atoms with Gasteiger partial charge in [-0.3, -0.25) is 9.59 Å². The van der Waals surface area contributed by atoms with E-state index < -0.39 is 11.4 Å². The highest BCUT2D eigenvalue weighted by atomic mass is 32.1. The summed E-state index contributed by atoms with van der Waals surface area (Å²) < 4.78 is 5.67. The number of carboxylic acid groups (broad SMARTS) is 1. The van der Waals surface area contributed by atoms with Gasteiger partial charge in [0.05, 0.1) is 13.2 Å². The number of ether oxygens (including phenoxy) is 1. The summed E-state index contributed by atoms with van der Waals surface area (Å²) >= 11 is 1.59. The van der Waals surface area contributed by atoms with E-state index >= 15 is 0 Å². The summed E-state index contributed by atoms with van der Waals surface area (Å²) in [7, 11) is 0. The summed E-state index contributed by atoms with van der Waals surface area (Å²) in [5.41, 5.74) is -1.14. The lowest BCUT2D eigenvalue weighted by molar-refractivity contribution is -0.157. The molecule has 1 unspecified atom stereocenters. The van der Waals surface area contributed by atoms with Crippen molar-refractivity contribution in [2.24, 2.45) is 5.41 Å². The van der Waals surface area contributed by atoms with Gasteiger partial charge in [0, 0.05) is 11.4 Å². The van der Waals surface area contributed by atoms with Crippen molar-refractivity contribution in [2.45, 2.75) is 18.9 Å². The molecule has 0 spiro atoms. The quantitative estimate of drug-likeness (QED) is 0.853. The summed E-state index contributed by atoms with van der Waals surface area (Å²) in [6.45, 7) is 1.40. The van der Waals surface area contributed by atoms with E-state index in [1.807, 2.05) is 17.5 Å². The molecule has 1 saturated heterocycles. The van der Waals surface area contributed by atoms with Crippen molar-refractivity contribution in [2.75, 3.05) is 19.7 Å². The number of thiophene rings is 1. The Morgan fingerprint density at radius 3 is 2.84 bits per heavy atom. The Morgan fingerprint density at radius 1 is 1.47 bits per heavy atom. The summed E-state index contributed by atoms with van der Waals surface area (Å²) in [5.74, 6) is -1.23. The Hall–Kier alpha value is -1.40. The number of nitrogens with zero attached hydrogens (tertiary/aromatic N) is 1. The molecule has 2 fully saturated rings. The molecule has 6 heteroatoms. The molecule has 1 atom stereocenters. The molecule has 0 aromatic carbocycles. The van der Waals surface area contributed by atoms with Crippen molar-refractivity contribution in [3.63, 3.8) is 0 Å². The number of carbonyl (C=O) groups is 2. The van der Waals surface area contributed by atoms with Crippen molar-refractivity contribution in [1.82, 2.24) is 4.90 Å². The maximum Gasteiger partial charge on any atom is 0.319 e. The first-order valence-corrected chi connectivity index (χ1v) is 7.19. The Kier molecular flexibility index (Phi) is 3.06. The number of hydrogen-bond donors (Lipinski definition) is 1. The fourth-order valence-electron chi connectivity index (χ4n) is 2.43. The minimum absolute atomic E-state index is 0.123. The second-order valence-corrected chi connectivity index (χ2v) is 5.99. The number of rotatable bonds is 3. The van der Waals surface area contributed by atoms with E-state index in [0.717, 1.165) is 4.88 Å². The predicted molar refractivity (Wildman–Crippen MR) is 68.9 cm³/mol. The molecule has 1 saturated carbocycles. The minimum atomic E-state index is -1.14. The smallest absolute Gasteiger partial charge is 0.319 e. The molecule has 2 aliphatic rings. The van der Waals surface area contributed by atoms with E-state index in [-0.39, 0.29) is 12.0 Å². The van der Waals surface area contributed by atoms with Crippen molar-refractivity contribution < 1.29 is 19.4 Å². The van der Waals surface area contributed by atoms with Crippen LogP contribution in [0.4, 0.5) is 0 Å². The summed E-state index contributed by atoms with van der Waals surface area (Å²) in [5, 5.41) is 11.1. The van der Waals surface area contributed by atoms with Crippen molar-refractivity contribution in [3.8, 4) is 0 Å². The highest BCUT2D eigenvalue weighted by Crippen LogP contribution is 2.48. The van der Waals surface area contributed by atoms with Crippen LogP contribution in [0.3, 0.4) is 0 Å². The highest BCUT2D eigenvalue weighted by molar-refractivity contribution is 7.10. The fraction of sp³-hybridized carbons (Fsp3) is 0.538. The molecule has 19 heavy (non-hydrogen) atoms. The van der Waals surface area contributed by atoms with Crippen molar-refractivity contribution in [1.29, 1.82) is 0 Å². The van der Waals surface area contributed by atoms with Crippen LogP contribution in [0.25, 0.3) is 0 Å². The molecule has 0 radical (unpaired) electrons. The summed E-state index contributed by atoms with van der Waals surface area (Å²) in [6.07, 6.45) is 0.798. The molecular weight excluding hydrogens is 266 g/mol. The SMILES string of the molecule is O=C(O)C1(C(=O)N2CCOC(c3cccs3)C2)CC1. The molecule has 5 nitrogen and oxygen atoms in total. The van der Waals surface area contributed by atoms with Gasteiger partial charge in [0.1, 0.15) is 11.5 Å². The van der Waals surface area contributed by atoms with Crippen LogP contribution in [0, 0.1) is 5.41 Å². The zero-order valence-corrected chi connectivity index (χ0v) is 11.2. The Morgan fingerprint density at radius 2 is 2.26 bits per heavy atom. The average Bonchev–Trinajstić information content (AvgIpc) is 3.06. The van der Waals surface area contributed by atoms with Gasteiger partial charge in [-0.2, -0.15) is 0 Å². The first-order valence-electron chi connectivity index (χ1n) is 6.31.